The fourth-order valence-corrected chi connectivity index (χ4v) is 1.18. The van der Waals surface area contributed by atoms with E-state index < -0.39 is 12.0 Å². The SMILES string of the molecule is COCCOCCNc1cc(N)nc(C(F)(F)F)n1. The summed E-state index contributed by atoms with van der Waals surface area (Å²) in [6, 6.07) is 1.23. The zero-order valence-electron chi connectivity index (χ0n) is 10.3. The van der Waals surface area contributed by atoms with Crippen molar-refractivity contribution in [1.29, 1.82) is 0 Å². The summed E-state index contributed by atoms with van der Waals surface area (Å²) in [5.41, 5.74) is 5.29. The van der Waals surface area contributed by atoms with Crippen LogP contribution in [0.4, 0.5) is 24.8 Å². The van der Waals surface area contributed by atoms with Gasteiger partial charge in [-0.25, -0.2) is 9.97 Å². The van der Waals surface area contributed by atoms with E-state index in [0.29, 0.717) is 26.4 Å². The predicted molar refractivity (Wildman–Crippen MR) is 62.6 cm³/mol. The fourth-order valence-electron chi connectivity index (χ4n) is 1.18. The van der Waals surface area contributed by atoms with Gasteiger partial charge in [-0.3, -0.25) is 0 Å². The van der Waals surface area contributed by atoms with E-state index in [-0.39, 0.29) is 11.6 Å². The standard InChI is InChI=1S/C10H15F3N4O2/c1-18-4-5-19-3-2-15-8-6-7(14)16-9(17-8)10(11,12)13/h6H,2-5H2,1H3,(H3,14,15,16,17). The number of nitrogens with two attached hydrogens (primary N) is 1. The molecule has 0 saturated heterocycles. The minimum Gasteiger partial charge on any atom is -0.384 e. The molecule has 0 aliphatic heterocycles. The molecule has 19 heavy (non-hydrogen) atoms. The molecule has 1 heterocycles. The van der Waals surface area contributed by atoms with Gasteiger partial charge in [0.15, 0.2) is 0 Å². The second-order valence-electron chi connectivity index (χ2n) is 3.53. The van der Waals surface area contributed by atoms with Gasteiger partial charge < -0.3 is 20.5 Å². The van der Waals surface area contributed by atoms with Gasteiger partial charge in [0.1, 0.15) is 11.6 Å². The summed E-state index contributed by atoms with van der Waals surface area (Å²) in [6.07, 6.45) is -4.62. The molecular formula is C10H15F3N4O2. The van der Waals surface area contributed by atoms with Crippen molar-refractivity contribution in [2.75, 3.05) is 44.5 Å². The van der Waals surface area contributed by atoms with Crippen LogP contribution < -0.4 is 11.1 Å². The molecule has 0 aromatic carbocycles. The largest absolute Gasteiger partial charge is 0.451 e. The van der Waals surface area contributed by atoms with E-state index in [4.69, 9.17) is 15.2 Å². The number of nitrogen functional groups attached to an aromatic ring is 1. The molecule has 0 amide bonds. The molecule has 1 aromatic rings. The van der Waals surface area contributed by atoms with Crippen LogP contribution in [0.5, 0.6) is 0 Å². The first-order chi connectivity index (χ1) is 8.93. The van der Waals surface area contributed by atoms with Gasteiger partial charge in [0.05, 0.1) is 19.8 Å². The molecule has 6 nitrogen and oxygen atoms in total. The van der Waals surface area contributed by atoms with Crippen LogP contribution in [-0.2, 0) is 15.7 Å². The Hall–Kier alpha value is -1.61. The lowest BCUT2D eigenvalue weighted by Gasteiger charge is -2.10. The molecule has 0 unspecified atom stereocenters. The number of aromatic nitrogens is 2. The van der Waals surface area contributed by atoms with E-state index in [0.717, 1.165) is 0 Å². The second kappa shape index (κ2) is 7.10. The number of halogens is 3. The van der Waals surface area contributed by atoms with E-state index in [1.165, 1.54) is 6.07 Å². The van der Waals surface area contributed by atoms with E-state index in [1.54, 1.807) is 7.11 Å². The monoisotopic (exact) mass is 280 g/mol. The van der Waals surface area contributed by atoms with E-state index in [2.05, 4.69) is 15.3 Å². The molecule has 9 heteroatoms. The van der Waals surface area contributed by atoms with Gasteiger partial charge in [0.2, 0.25) is 5.82 Å². The summed E-state index contributed by atoms with van der Waals surface area (Å²) in [6.45, 7) is 1.49. The summed E-state index contributed by atoms with van der Waals surface area (Å²) in [5.74, 6) is -1.50. The lowest BCUT2D eigenvalue weighted by Crippen LogP contribution is -2.17. The number of alkyl halides is 3. The maximum absolute atomic E-state index is 12.4. The predicted octanol–water partition coefficient (Wildman–Crippen LogP) is 1.15. The number of nitrogens with one attached hydrogen (secondary N) is 1. The van der Waals surface area contributed by atoms with E-state index in [1.807, 2.05) is 0 Å². The van der Waals surface area contributed by atoms with Gasteiger partial charge in [0.25, 0.3) is 0 Å². The van der Waals surface area contributed by atoms with Crippen molar-refractivity contribution in [3.63, 3.8) is 0 Å². The highest BCUT2D eigenvalue weighted by atomic mass is 19.4. The second-order valence-corrected chi connectivity index (χ2v) is 3.53. The number of methoxy groups -OCH3 is 1. The minimum absolute atomic E-state index is 0.00941. The molecule has 0 radical (unpaired) electrons. The Morgan fingerprint density at radius 2 is 2.00 bits per heavy atom. The average molecular weight is 280 g/mol. The summed E-state index contributed by atoms with van der Waals surface area (Å²) >= 11 is 0. The van der Waals surface area contributed by atoms with Crippen molar-refractivity contribution in [3.8, 4) is 0 Å². The molecule has 0 saturated carbocycles. The first kappa shape index (κ1) is 15.4. The quantitative estimate of drug-likeness (QED) is 0.729. The average Bonchev–Trinajstić information content (AvgIpc) is 2.32. The van der Waals surface area contributed by atoms with Crippen molar-refractivity contribution in [2.45, 2.75) is 6.18 Å². The first-order valence-electron chi connectivity index (χ1n) is 5.46. The van der Waals surface area contributed by atoms with Crippen LogP contribution in [0.2, 0.25) is 0 Å². The molecule has 0 aliphatic carbocycles. The number of hydrogen-bond acceptors (Lipinski definition) is 6. The molecule has 0 fully saturated rings. The number of hydrogen-bond donors (Lipinski definition) is 2. The summed E-state index contributed by atoms with van der Waals surface area (Å²) in [4.78, 5) is 6.46. The van der Waals surface area contributed by atoms with Crippen LogP contribution in [0, 0.1) is 0 Å². The normalized spacial score (nSPS) is 11.6. The minimum atomic E-state index is -4.62. The van der Waals surface area contributed by atoms with E-state index in [9.17, 15) is 13.2 Å². The highest BCUT2D eigenvalue weighted by Crippen LogP contribution is 2.27. The Kier molecular flexibility index (Phi) is 5.77. The molecule has 0 atom stereocenters. The van der Waals surface area contributed by atoms with Crippen LogP contribution in [0.15, 0.2) is 6.07 Å². The van der Waals surface area contributed by atoms with Crippen LogP contribution >= 0.6 is 0 Å². The van der Waals surface area contributed by atoms with Gasteiger partial charge in [-0.15, -0.1) is 0 Å². The highest BCUT2D eigenvalue weighted by molar-refractivity contribution is 5.44. The van der Waals surface area contributed by atoms with Crippen molar-refractivity contribution >= 4 is 11.6 Å². The smallest absolute Gasteiger partial charge is 0.384 e. The van der Waals surface area contributed by atoms with Crippen molar-refractivity contribution in [2.24, 2.45) is 0 Å². The third kappa shape index (κ3) is 5.71. The van der Waals surface area contributed by atoms with Gasteiger partial charge >= 0.3 is 6.18 Å². The lowest BCUT2D eigenvalue weighted by molar-refractivity contribution is -0.144. The van der Waals surface area contributed by atoms with Gasteiger partial charge in [-0.2, -0.15) is 13.2 Å². The Morgan fingerprint density at radius 1 is 1.26 bits per heavy atom. The van der Waals surface area contributed by atoms with Gasteiger partial charge in [-0.05, 0) is 0 Å². The van der Waals surface area contributed by atoms with Crippen LogP contribution in [-0.4, -0.2) is 43.4 Å². The maximum Gasteiger partial charge on any atom is 0.451 e. The van der Waals surface area contributed by atoms with Gasteiger partial charge in [0, 0.05) is 19.7 Å². The zero-order chi connectivity index (χ0) is 14.3. The lowest BCUT2D eigenvalue weighted by atomic mass is 10.4. The summed E-state index contributed by atoms with van der Waals surface area (Å²) in [7, 11) is 1.55. The van der Waals surface area contributed by atoms with Crippen LogP contribution in [0.25, 0.3) is 0 Å². The number of rotatable bonds is 7. The molecule has 1 rings (SSSR count). The molecule has 0 bridgehead atoms. The number of nitrogens with zero attached hydrogens (tertiary/aromatic N) is 2. The molecular weight excluding hydrogens is 265 g/mol. The topological polar surface area (TPSA) is 82.3 Å². The summed E-state index contributed by atoms with van der Waals surface area (Å²) in [5, 5.41) is 2.68. The Labute approximate surface area is 108 Å². The molecule has 0 spiro atoms. The molecule has 1 aromatic heterocycles. The Morgan fingerprint density at radius 3 is 2.63 bits per heavy atom. The first-order valence-corrected chi connectivity index (χ1v) is 5.46. The molecule has 3 N–H and O–H groups in total. The fraction of sp³-hybridized carbons (Fsp3) is 0.600. The Balaban J connectivity index is 2.48. The third-order valence-corrected chi connectivity index (χ3v) is 1.98. The maximum atomic E-state index is 12.4. The zero-order valence-corrected chi connectivity index (χ0v) is 10.3. The molecule has 108 valence electrons. The Bertz CT molecular complexity index is 401. The van der Waals surface area contributed by atoms with Crippen molar-refractivity contribution < 1.29 is 22.6 Å². The van der Waals surface area contributed by atoms with Crippen molar-refractivity contribution in [3.05, 3.63) is 11.9 Å². The summed E-state index contributed by atoms with van der Waals surface area (Å²) < 4.78 is 47.2. The third-order valence-electron chi connectivity index (χ3n) is 1.98. The van der Waals surface area contributed by atoms with Crippen LogP contribution in [0.3, 0.4) is 0 Å². The van der Waals surface area contributed by atoms with Crippen molar-refractivity contribution in [1.82, 2.24) is 9.97 Å². The van der Waals surface area contributed by atoms with E-state index >= 15 is 0 Å². The van der Waals surface area contributed by atoms with Gasteiger partial charge in [-0.1, -0.05) is 0 Å². The molecule has 0 aliphatic rings. The van der Waals surface area contributed by atoms with Crippen LogP contribution in [0.1, 0.15) is 5.82 Å². The number of anilines is 2. The highest BCUT2D eigenvalue weighted by Gasteiger charge is 2.35. The number of ether oxygens (including phenoxy) is 2.